The lowest BCUT2D eigenvalue weighted by Gasteiger charge is -2.09. The fourth-order valence-electron chi connectivity index (χ4n) is 2.47. The number of nitrogens with one attached hydrogen (secondary N) is 1. The second-order valence-corrected chi connectivity index (χ2v) is 6.07. The Labute approximate surface area is 149 Å². The third-order valence-corrected chi connectivity index (χ3v) is 3.71. The van der Waals surface area contributed by atoms with Crippen LogP contribution in [0.2, 0.25) is 0 Å². The van der Waals surface area contributed by atoms with E-state index in [-0.39, 0.29) is 34.2 Å². The molecule has 3 rings (SSSR count). The summed E-state index contributed by atoms with van der Waals surface area (Å²) in [5.41, 5.74) is 1.67. The van der Waals surface area contributed by atoms with Crippen LogP contribution >= 0.6 is 0 Å². The van der Waals surface area contributed by atoms with Gasteiger partial charge in [-0.05, 0) is 43.2 Å². The van der Waals surface area contributed by atoms with Crippen molar-refractivity contribution in [3.05, 3.63) is 52.9 Å². The average molecular weight is 355 g/mol. The van der Waals surface area contributed by atoms with Crippen molar-refractivity contribution in [2.75, 3.05) is 5.32 Å². The number of hydrogen-bond donors (Lipinski definition) is 5. The molecule has 1 aliphatic rings. The Hall–Kier alpha value is -3.61. The molecule has 134 valence electrons. The smallest absolute Gasteiger partial charge is 0.215 e. The normalized spacial score (nSPS) is 14.1. The summed E-state index contributed by atoms with van der Waals surface area (Å²) in [5, 5.41) is 42.0. The summed E-state index contributed by atoms with van der Waals surface area (Å²) < 4.78 is 5.32. The van der Waals surface area contributed by atoms with Gasteiger partial charge in [0.25, 0.3) is 0 Å². The average Bonchev–Trinajstić information content (AvgIpc) is 2.89. The number of hydrogen-bond acceptors (Lipinski definition) is 7. The fraction of sp³-hybridized carbons (Fsp3) is 0.105. The SMILES string of the molecule is CC(C)=COc1cc2c(c(O)c1O)C(=O)/C(=C\c1ccc(O)c(O)c1)N2. The molecule has 0 bridgehead atoms. The Kier molecular flexibility index (Phi) is 4.21. The molecule has 0 aromatic heterocycles. The van der Waals surface area contributed by atoms with Crippen molar-refractivity contribution in [2.45, 2.75) is 13.8 Å². The van der Waals surface area contributed by atoms with E-state index in [4.69, 9.17) is 4.74 Å². The minimum Gasteiger partial charge on any atom is -0.504 e. The van der Waals surface area contributed by atoms with Gasteiger partial charge in [-0.1, -0.05) is 6.07 Å². The highest BCUT2D eigenvalue weighted by molar-refractivity contribution is 6.22. The Morgan fingerprint density at radius 2 is 1.77 bits per heavy atom. The Morgan fingerprint density at radius 1 is 1.04 bits per heavy atom. The zero-order chi connectivity index (χ0) is 19.0. The van der Waals surface area contributed by atoms with Crippen molar-refractivity contribution in [1.29, 1.82) is 0 Å². The molecular formula is C19H17NO6. The maximum Gasteiger partial charge on any atom is 0.215 e. The van der Waals surface area contributed by atoms with Crippen molar-refractivity contribution < 1.29 is 30.0 Å². The standard InChI is InChI=1S/C19H17NO6/c1-9(2)8-26-15-7-11-16(19(25)18(15)24)17(23)12(20-11)5-10-3-4-13(21)14(22)6-10/h3-8,20-22,24-25H,1-2H3/b12-5+. The number of ketones is 1. The van der Waals surface area contributed by atoms with Crippen LogP contribution in [0.15, 0.2) is 41.8 Å². The van der Waals surface area contributed by atoms with Crippen LogP contribution in [0.1, 0.15) is 29.8 Å². The molecule has 0 saturated carbocycles. The highest BCUT2D eigenvalue weighted by Gasteiger charge is 2.31. The lowest BCUT2D eigenvalue weighted by Crippen LogP contribution is -1.99. The molecule has 0 atom stereocenters. The Balaban J connectivity index is 2.00. The van der Waals surface area contributed by atoms with Crippen LogP contribution in [0.25, 0.3) is 6.08 Å². The van der Waals surface area contributed by atoms with Gasteiger partial charge < -0.3 is 30.5 Å². The molecule has 0 aliphatic carbocycles. The number of Topliss-reactive ketones (excluding diaryl/α,β-unsaturated/α-hetero) is 1. The molecule has 26 heavy (non-hydrogen) atoms. The van der Waals surface area contributed by atoms with Gasteiger partial charge >= 0.3 is 0 Å². The zero-order valence-electron chi connectivity index (χ0n) is 14.1. The van der Waals surface area contributed by atoms with Crippen LogP contribution in [0.5, 0.6) is 28.7 Å². The predicted molar refractivity (Wildman–Crippen MR) is 95.5 cm³/mol. The molecule has 2 aromatic carbocycles. The predicted octanol–water partition coefficient (Wildman–Crippen LogP) is 3.46. The molecule has 0 unspecified atom stereocenters. The van der Waals surface area contributed by atoms with E-state index in [0.717, 1.165) is 5.57 Å². The number of ether oxygens (including phenoxy) is 1. The number of phenolic OH excluding ortho intramolecular Hbond substituents is 4. The van der Waals surface area contributed by atoms with Gasteiger partial charge in [-0.15, -0.1) is 0 Å². The van der Waals surface area contributed by atoms with Crippen LogP contribution in [0, 0.1) is 0 Å². The number of anilines is 1. The van der Waals surface area contributed by atoms with Crippen LogP contribution in [-0.2, 0) is 0 Å². The summed E-state index contributed by atoms with van der Waals surface area (Å²) in [6.07, 6.45) is 2.86. The molecule has 0 spiro atoms. The summed E-state index contributed by atoms with van der Waals surface area (Å²) in [6, 6.07) is 5.52. The molecule has 1 heterocycles. The van der Waals surface area contributed by atoms with Crippen molar-refractivity contribution in [3.8, 4) is 28.7 Å². The van der Waals surface area contributed by atoms with Gasteiger partial charge in [0.15, 0.2) is 23.0 Å². The molecule has 0 amide bonds. The van der Waals surface area contributed by atoms with Gasteiger partial charge in [-0.2, -0.15) is 0 Å². The molecule has 0 fully saturated rings. The molecular weight excluding hydrogens is 338 g/mol. The highest BCUT2D eigenvalue weighted by Crippen LogP contribution is 2.46. The van der Waals surface area contributed by atoms with Crippen molar-refractivity contribution in [3.63, 3.8) is 0 Å². The topological polar surface area (TPSA) is 119 Å². The van der Waals surface area contributed by atoms with E-state index in [1.54, 1.807) is 13.8 Å². The van der Waals surface area contributed by atoms with Gasteiger partial charge in [-0.3, -0.25) is 4.79 Å². The van der Waals surface area contributed by atoms with Crippen LogP contribution in [0.3, 0.4) is 0 Å². The van der Waals surface area contributed by atoms with Crippen molar-refractivity contribution in [2.24, 2.45) is 0 Å². The Bertz CT molecular complexity index is 970. The second-order valence-electron chi connectivity index (χ2n) is 6.07. The first kappa shape index (κ1) is 17.2. The van der Waals surface area contributed by atoms with E-state index in [9.17, 15) is 25.2 Å². The maximum absolute atomic E-state index is 12.5. The molecule has 2 aromatic rings. The fourth-order valence-corrected chi connectivity index (χ4v) is 2.47. The summed E-state index contributed by atoms with van der Waals surface area (Å²) in [6.45, 7) is 3.61. The van der Waals surface area contributed by atoms with Gasteiger partial charge in [0.05, 0.1) is 23.2 Å². The summed E-state index contributed by atoms with van der Waals surface area (Å²) >= 11 is 0. The summed E-state index contributed by atoms with van der Waals surface area (Å²) in [4.78, 5) is 12.5. The quantitative estimate of drug-likeness (QED) is 0.247. The number of carbonyl (C=O) groups excluding carboxylic acids is 1. The van der Waals surface area contributed by atoms with Gasteiger partial charge in [0.1, 0.15) is 0 Å². The first-order valence-electron chi connectivity index (χ1n) is 7.72. The van der Waals surface area contributed by atoms with Crippen molar-refractivity contribution in [1.82, 2.24) is 0 Å². The third kappa shape index (κ3) is 3.02. The number of fused-ring (bicyclic) bond motifs is 1. The van der Waals surface area contributed by atoms with Gasteiger partial charge in [0.2, 0.25) is 11.5 Å². The number of rotatable bonds is 3. The maximum atomic E-state index is 12.5. The Morgan fingerprint density at radius 3 is 2.42 bits per heavy atom. The largest absolute Gasteiger partial charge is 0.504 e. The first-order valence-corrected chi connectivity index (χ1v) is 7.72. The van der Waals surface area contributed by atoms with E-state index < -0.39 is 17.3 Å². The van der Waals surface area contributed by atoms with E-state index in [1.807, 2.05) is 0 Å². The second kappa shape index (κ2) is 6.36. The minimum absolute atomic E-state index is 0.00581. The molecule has 0 saturated heterocycles. The van der Waals surface area contributed by atoms with Crippen LogP contribution in [-0.4, -0.2) is 26.2 Å². The number of carbonyl (C=O) groups is 1. The molecule has 0 radical (unpaired) electrons. The number of benzene rings is 2. The molecule has 1 aliphatic heterocycles. The lowest BCUT2D eigenvalue weighted by atomic mass is 10.1. The van der Waals surface area contributed by atoms with E-state index in [0.29, 0.717) is 5.56 Å². The first-order chi connectivity index (χ1) is 12.3. The van der Waals surface area contributed by atoms with Gasteiger partial charge in [-0.25, -0.2) is 0 Å². The zero-order valence-corrected chi connectivity index (χ0v) is 14.1. The van der Waals surface area contributed by atoms with E-state index in [1.165, 1.54) is 36.6 Å². The summed E-state index contributed by atoms with van der Waals surface area (Å²) in [5.74, 6) is -2.21. The highest BCUT2D eigenvalue weighted by atomic mass is 16.5. The minimum atomic E-state index is -0.575. The molecule has 7 heteroatoms. The number of allylic oxidation sites excluding steroid dienone is 2. The number of aromatic hydroxyl groups is 4. The van der Waals surface area contributed by atoms with E-state index in [2.05, 4.69) is 5.32 Å². The van der Waals surface area contributed by atoms with Crippen LogP contribution < -0.4 is 10.1 Å². The monoisotopic (exact) mass is 355 g/mol. The number of phenols is 4. The van der Waals surface area contributed by atoms with Crippen LogP contribution in [0.4, 0.5) is 5.69 Å². The summed E-state index contributed by atoms with van der Waals surface area (Å²) in [7, 11) is 0. The molecule has 7 nitrogen and oxygen atoms in total. The third-order valence-electron chi connectivity index (χ3n) is 3.71. The lowest BCUT2D eigenvalue weighted by molar-refractivity contribution is 0.103. The van der Waals surface area contributed by atoms with Crippen molar-refractivity contribution >= 4 is 17.5 Å². The van der Waals surface area contributed by atoms with E-state index >= 15 is 0 Å². The van der Waals surface area contributed by atoms with Gasteiger partial charge in [0, 0.05) is 6.07 Å². The molecule has 5 N–H and O–H groups in total.